The first-order valence-electron chi connectivity index (χ1n) is 13.3. The molecule has 2 aliphatic carbocycles. The first-order valence-corrected chi connectivity index (χ1v) is 13.3. The van der Waals surface area contributed by atoms with Crippen LogP contribution in [0.4, 0.5) is 8.78 Å². The van der Waals surface area contributed by atoms with Gasteiger partial charge in [0.2, 0.25) is 0 Å². The average Bonchev–Trinajstić information content (AvgIpc) is 3.48. The van der Waals surface area contributed by atoms with Crippen LogP contribution in [0, 0.1) is 0 Å². The molecule has 0 spiro atoms. The summed E-state index contributed by atoms with van der Waals surface area (Å²) in [7, 11) is 0. The highest BCUT2D eigenvalue weighted by Crippen LogP contribution is 2.49. The second-order valence-corrected chi connectivity index (χ2v) is 10.4. The van der Waals surface area contributed by atoms with Crippen LogP contribution >= 0.6 is 0 Å². The van der Waals surface area contributed by atoms with E-state index in [4.69, 9.17) is 0 Å². The second-order valence-electron chi connectivity index (χ2n) is 10.4. The van der Waals surface area contributed by atoms with Crippen LogP contribution in [0.2, 0.25) is 0 Å². The summed E-state index contributed by atoms with van der Waals surface area (Å²) in [5, 5.41) is 0. The Morgan fingerprint density at radius 3 is 1.82 bits per heavy atom. The van der Waals surface area contributed by atoms with Crippen molar-refractivity contribution < 1.29 is 8.78 Å². The Morgan fingerprint density at radius 2 is 1.27 bits per heavy atom. The average molecular weight is 454 g/mol. The van der Waals surface area contributed by atoms with Gasteiger partial charge in [0.1, 0.15) is 11.3 Å². The van der Waals surface area contributed by atoms with Crippen molar-refractivity contribution in [3.05, 3.63) is 70.8 Å². The molecule has 0 unspecified atom stereocenters. The van der Waals surface area contributed by atoms with Crippen LogP contribution in [0.15, 0.2) is 48.5 Å². The topological polar surface area (TPSA) is 3.24 Å². The Balaban J connectivity index is 1.49. The Morgan fingerprint density at radius 1 is 0.697 bits per heavy atom. The number of nitrogens with zero attached hydrogens (tertiary/aromatic N) is 1. The van der Waals surface area contributed by atoms with Crippen LogP contribution in [0.1, 0.15) is 93.4 Å². The number of hydrogen-bond donors (Lipinski definition) is 0. The molecule has 4 rings (SSSR count). The zero-order chi connectivity index (χ0) is 23.2. The maximum Gasteiger partial charge on any atom is 0.136 e. The van der Waals surface area contributed by atoms with Gasteiger partial charge in [-0.3, -0.25) is 0 Å². The smallest absolute Gasteiger partial charge is 0.136 e. The molecule has 3 heteroatoms. The van der Waals surface area contributed by atoms with Gasteiger partial charge in [0.05, 0.1) is 0 Å². The second kappa shape index (κ2) is 11.1. The molecule has 0 heterocycles. The van der Waals surface area contributed by atoms with Crippen LogP contribution in [0.3, 0.4) is 0 Å². The molecule has 1 nitrogen and oxygen atoms in total. The highest BCUT2D eigenvalue weighted by molar-refractivity contribution is 5.43. The molecule has 0 bridgehead atoms. The van der Waals surface area contributed by atoms with Crippen molar-refractivity contribution in [2.24, 2.45) is 0 Å². The van der Waals surface area contributed by atoms with E-state index in [2.05, 4.69) is 42.2 Å². The third-order valence-electron chi connectivity index (χ3n) is 7.93. The minimum atomic E-state index is -1.27. The summed E-state index contributed by atoms with van der Waals surface area (Å²) in [6.45, 7) is 5.31. The number of benzene rings is 2. The lowest BCUT2D eigenvalue weighted by molar-refractivity contribution is 0.162. The summed E-state index contributed by atoms with van der Waals surface area (Å²) in [5.74, 6) is 0. The van der Waals surface area contributed by atoms with Crippen LogP contribution in [-0.2, 0) is 24.2 Å². The van der Waals surface area contributed by atoms with Gasteiger partial charge < -0.3 is 4.90 Å². The molecular weight excluding hydrogens is 412 g/mol. The van der Waals surface area contributed by atoms with E-state index in [-0.39, 0.29) is 0 Å². The molecular formula is C30H41F2N. The molecule has 2 aromatic carbocycles. The molecule has 0 amide bonds. The largest absolute Gasteiger partial charge is 0.303 e. The third kappa shape index (κ3) is 5.85. The number of hydrogen-bond acceptors (Lipinski definition) is 1. The summed E-state index contributed by atoms with van der Waals surface area (Å²) >= 11 is 0. The van der Waals surface area contributed by atoms with Gasteiger partial charge in [-0.2, -0.15) is 0 Å². The molecule has 0 N–H and O–H groups in total. The zero-order valence-electron chi connectivity index (χ0n) is 20.4. The van der Waals surface area contributed by atoms with Crippen molar-refractivity contribution in [3.63, 3.8) is 0 Å². The fourth-order valence-electron chi connectivity index (χ4n) is 6.17. The Kier molecular flexibility index (Phi) is 8.22. The van der Waals surface area contributed by atoms with Crippen molar-refractivity contribution in [1.82, 2.24) is 4.90 Å². The van der Waals surface area contributed by atoms with Gasteiger partial charge >= 0.3 is 0 Å². The number of halogens is 2. The van der Waals surface area contributed by atoms with E-state index in [9.17, 15) is 0 Å². The summed E-state index contributed by atoms with van der Waals surface area (Å²) in [5.41, 5.74) is 1.42. The lowest BCUT2D eigenvalue weighted by atomic mass is 9.80. The molecule has 0 aromatic heterocycles. The minimum absolute atomic E-state index is 0.585. The van der Waals surface area contributed by atoms with Crippen LogP contribution in [0.5, 0.6) is 0 Å². The van der Waals surface area contributed by atoms with Crippen LogP contribution < -0.4 is 0 Å². The summed E-state index contributed by atoms with van der Waals surface area (Å²) in [6, 6.07) is 16.5. The normalized spacial score (nSPS) is 19.4. The van der Waals surface area contributed by atoms with E-state index in [1.807, 2.05) is 18.2 Å². The summed E-state index contributed by atoms with van der Waals surface area (Å²) < 4.78 is 32.0. The first-order chi connectivity index (χ1) is 16.0. The summed E-state index contributed by atoms with van der Waals surface area (Å²) in [6.07, 6.45) is 9.97. The molecule has 0 saturated heterocycles. The van der Waals surface area contributed by atoms with Crippen molar-refractivity contribution in [2.75, 3.05) is 19.6 Å². The highest BCUT2D eigenvalue weighted by atomic mass is 19.1. The molecule has 0 aliphatic heterocycles. The van der Waals surface area contributed by atoms with Crippen molar-refractivity contribution >= 4 is 0 Å². The van der Waals surface area contributed by atoms with Gasteiger partial charge in [0, 0.05) is 6.54 Å². The van der Waals surface area contributed by atoms with E-state index in [1.165, 1.54) is 5.56 Å². The fraction of sp³-hybridized carbons (Fsp3) is 0.600. The Bertz CT molecular complexity index is 826. The van der Waals surface area contributed by atoms with Gasteiger partial charge in [-0.15, -0.1) is 0 Å². The van der Waals surface area contributed by atoms with Gasteiger partial charge in [-0.25, -0.2) is 8.78 Å². The zero-order valence-corrected chi connectivity index (χ0v) is 20.4. The molecule has 33 heavy (non-hydrogen) atoms. The highest BCUT2D eigenvalue weighted by Gasteiger charge is 2.42. The fourth-order valence-corrected chi connectivity index (χ4v) is 6.17. The molecule has 2 fully saturated rings. The Labute approximate surface area is 199 Å². The number of rotatable bonds is 11. The SMILES string of the molecule is CCCN(CCCc1c(C2(F)CCCC2)cccc1C1(F)CCCC1)CCc1ccccc1. The lowest BCUT2D eigenvalue weighted by Crippen LogP contribution is -2.29. The van der Waals surface area contributed by atoms with E-state index in [0.29, 0.717) is 25.7 Å². The molecule has 0 atom stereocenters. The maximum atomic E-state index is 16.0. The first kappa shape index (κ1) is 24.4. The predicted molar refractivity (Wildman–Crippen MR) is 134 cm³/mol. The molecule has 2 saturated carbocycles. The molecule has 180 valence electrons. The monoisotopic (exact) mass is 453 g/mol. The molecule has 0 radical (unpaired) electrons. The van der Waals surface area contributed by atoms with Gasteiger partial charge in [-0.05, 0) is 112 Å². The predicted octanol–water partition coefficient (Wildman–Crippen LogP) is 8.05. The maximum absolute atomic E-state index is 16.0. The Hall–Kier alpha value is -1.74. The van der Waals surface area contributed by atoms with Crippen molar-refractivity contribution in [1.29, 1.82) is 0 Å². The van der Waals surface area contributed by atoms with E-state index >= 15 is 8.78 Å². The number of alkyl halides is 2. The lowest BCUT2D eigenvalue weighted by Gasteiger charge is -2.30. The minimum Gasteiger partial charge on any atom is -0.303 e. The van der Waals surface area contributed by atoms with Crippen molar-refractivity contribution in [3.8, 4) is 0 Å². The van der Waals surface area contributed by atoms with Gasteiger partial charge in [0.25, 0.3) is 0 Å². The molecule has 2 aromatic rings. The standard InChI is InChI=1S/C30H41F2N/c1-2-22-33(24-17-25-12-4-3-5-13-25)23-11-14-26-27(29(31)18-6-7-19-29)15-10-16-28(26)30(32)20-8-9-21-30/h3-5,10,12-13,15-16H,2,6-9,11,14,17-24H2,1H3. The third-order valence-corrected chi connectivity index (χ3v) is 7.93. The van der Waals surface area contributed by atoms with Crippen LogP contribution in [-0.4, -0.2) is 24.5 Å². The summed E-state index contributed by atoms with van der Waals surface area (Å²) in [4.78, 5) is 2.52. The molecule has 2 aliphatic rings. The van der Waals surface area contributed by atoms with E-state index < -0.39 is 11.3 Å². The van der Waals surface area contributed by atoms with E-state index in [1.54, 1.807) is 0 Å². The van der Waals surface area contributed by atoms with Crippen LogP contribution in [0.25, 0.3) is 0 Å². The van der Waals surface area contributed by atoms with Crippen molar-refractivity contribution in [2.45, 2.75) is 95.3 Å². The van der Waals surface area contributed by atoms with E-state index in [0.717, 1.165) is 87.7 Å². The van der Waals surface area contributed by atoms with Gasteiger partial charge in [-0.1, -0.05) is 55.5 Å². The van der Waals surface area contributed by atoms with Gasteiger partial charge in [0.15, 0.2) is 0 Å². The quantitative estimate of drug-likeness (QED) is 0.333.